The van der Waals surface area contributed by atoms with E-state index in [0.717, 1.165) is 42.0 Å². The molecule has 71 heavy (non-hydrogen) atoms. The highest BCUT2D eigenvalue weighted by Crippen LogP contribution is 2.46. The number of hydrogen-bond acceptors (Lipinski definition) is 14. The third kappa shape index (κ3) is 8.12. The van der Waals surface area contributed by atoms with Crippen molar-refractivity contribution in [1.29, 1.82) is 0 Å². The van der Waals surface area contributed by atoms with Crippen molar-refractivity contribution in [1.82, 2.24) is 34.3 Å². The molecule has 6 aromatic rings. The van der Waals surface area contributed by atoms with Crippen LogP contribution in [-0.2, 0) is 45.7 Å². The Morgan fingerprint density at radius 1 is 1.01 bits per heavy atom. The van der Waals surface area contributed by atoms with E-state index in [0.29, 0.717) is 29.1 Å². The Labute approximate surface area is 409 Å². The summed E-state index contributed by atoms with van der Waals surface area (Å²) >= 11 is 6.71. The Kier molecular flexibility index (Phi) is 12.1. The van der Waals surface area contributed by atoms with E-state index >= 15 is 4.39 Å². The Hall–Kier alpha value is -6.64. The Balaban J connectivity index is 0.904. The number of nitrogens with two attached hydrogens (primary N) is 1. The van der Waals surface area contributed by atoms with E-state index in [1.54, 1.807) is 34.6 Å². The highest BCUT2D eigenvalue weighted by Gasteiger charge is 2.46. The highest BCUT2D eigenvalue weighted by atomic mass is 35.5. The molecule has 0 bridgehead atoms. The van der Waals surface area contributed by atoms with Gasteiger partial charge in [-0.3, -0.25) is 9.59 Å². The number of nitrogen functional groups attached to an aromatic ring is 1. The number of piperazine rings is 1. The van der Waals surface area contributed by atoms with Crippen LogP contribution in [0.1, 0.15) is 73.4 Å². The van der Waals surface area contributed by atoms with Crippen LogP contribution in [0.2, 0.25) is 5.02 Å². The predicted octanol–water partition coefficient (Wildman–Crippen LogP) is 6.94. The van der Waals surface area contributed by atoms with Gasteiger partial charge >= 0.3 is 18.2 Å². The van der Waals surface area contributed by atoms with Crippen LogP contribution in [0.4, 0.5) is 29.2 Å². The van der Waals surface area contributed by atoms with Gasteiger partial charge in [-0.05, 0) is 101 Å². The number of carbonyl (C=O) groups is 2. The second kappa shape index (κ2) is 17.9. The molecular weight excluding hydrogens is 950 g/mol. The number of fused-ring (bicyclic) bond motifs is 6. The quantitative estimate of drug-likeness (QED) is 0.106. The Bertz CT molecular complexity index is 3280. The predicted molar refractivity (Wildman–Crippen MR) is 256 cm³/mol. The number of nitrogens with zero attached hydrogens (tertiary/aromatic N) is 8. The van der Waals surface area contributed by atoms with Crippen LogP contribution in [0.25, 0.3) is 44.5 Å². The van der Waals surface area contributed by atoms with Gasteiger partial charge < -0.3 is 44.3 Å². The topological polar surface area (TPSA) is 191 Å². The second-order valence-electron chi connectivity index (χ2n) is 18.7. The molecule has 0 spiro atoms. The molecule has 3 atom stereocenters. The number of aromatic nitrogens is 5. The number of amides is 1. The SMILES string of the molecule is CCc1c2c(nc3ccc(OCC(=O)N4CCN(c5nc(OC[C@@H]6CCCN6C)nc6c(F)c(-c7nc(N)cc(C)c7C(F)(F)F)c(Cl)cc56)C(C)C4)cc13)-c1cc3c(c(=O)n1C2)COC(=O)[C@]3(O)CC. The minimum Gasteiger partial charge on any atom is -0.484 e. The molecule has 0 radical (unpaired) electrons. The first-order valence-electron chi connectivity index (χ1n) is 23.5. The number of cyclic esters (lactones) is 1. The van der Waals surface area contributed by atoms with Crippen LogP contribution in [0.5, 0.6) is 11.8 Å². The van der Waals surface area contributed by atoms with Crippen LogP contribution >= 0.6 is 11.6 Å². The van der Waals surface area contributed by atoms with Gasteiger partial charge in [0.15, 0.2) is 18.0 Å². The molecule has 2 fully saturated rings. The molecule has 4 aliphatic rings. The van der Waals surface area contributed by atoms with Crippen molar-refractivity contribution in [2.45, 2.75) is 90.4 Å². The van der Waals surface area contributed by atoms with Crippen molar-refractivity contribution in [3.63, 3.8) is 0 Å². The van der Waals surface area contributed by atoms with Crippen molar-refractivity contribution < 1.29 is 46.5 Å². The summed E-state index contributed by atoms with van der Waals surface area (Å²) in [6.07, 6.45) is -2.49. The van der Waals surface area contributed by atoms with Crippen LogP contribution in [0.3, 0.4) is 0 Å². The number of alkyl halides is 3. The molecule has 0 saturated carbocycles. The average molecular weight is 1000 g/mol. The van der Waals surface area contributed by atoms with E-state index in [4.69, 9.17) is 41.5 Å². The first-order valence-corrected chi connectivity index (χ1v) is 23.9. The van der Waals surface area contributed by atoms with Crippen molar-refractivity contribution >= 4 is 56.9 Å². The van der Waals surface area contributed by atoms with E-state index in [-0.39, 0.29) is 120 Å². The molecule has 4 aliphatic heterocycles. The standard InChI is InChI=1S/C50H50ClF4N9O7/c1-6-28-29-16-27(10-11-35(29)57-42-31(28)20-64-36(42)18-33-32(46(64)66)22-70-47(67)49(33,68)7-2)69-23-38(65)62-13-14-63(25(4)19-62)45-30-17-34(51)39(44-40(50(53,54)55)24(3)15-37(56)58-44)41(52)43(30)59-48(60-45)71-21-26-9-8-12-61(26)5/h10-11,15-18,25-26,68H,6-9,12-14,19-23H2,1-5H3,(H2,56,58)/t25?,26-,49-/m0/s1. The van der Waals surface area contributed by atoms with E-state index < -0.39 is 46.4 Å². The van der Waals surface area contributed by atoms with E-state index in [1.165, 1.54) is 13.0 Å². The van der Waals surface area contributed by atoms with Crippen LogP contribution in [0.15, 0.2) is 41.2 Å². The molecule has 0 aliphatic carbocycles. The van der Waals surface area contributed by atoms with Crippen LogP contribution < -0.4 is 25.7 Å². The molecule has 372 valence electrons. The minimum atomic E-state index is -4.92. The normalized spacial score (nSPS) is 20.1. The number of likely N-dealkylation sites (tertiary alicyclic amines) is 1. The smallest absolute Gasteiger partial charge is 0.418 e. The number of benzene rings is 2. The van der Waals surface area contributed by atoms with E-state index in [1.807, 2.05) is 31.9 Å². The summed E-state index contributed by atoms with van der Waals surface area (Å²) in [5.74, 6) is -1.85. The van der Waals surface area contributed by atoms with Crippen LogP contribution in [0, 0.1) is 12.7 Å². The lowest BCUT2D eigenvalue weighted by atomic mass is 9.86. The molecule has 1 amide bonds. The summed E-state index contributed by atoms with van der Waals surface area (Å²) in [4.78, 5) is 64.0. The van der Waals surface area contributed by atoms with E-state index in [2.05, 4.69) is 14.9 Å². The monoisotopic (exact) mass is 999 g/mol. The molecular formula is C50H50ClF4N9O7. The summed E-state index contributed by atoms with van der Waals surface area (Å²) in [5, 5.41) is 11.8. The summed E-state index contributed by atoms with van der Waals surface area (Å²) in [7, 11) is 1.97. The lowest BCUT2D eigenvalue weighted by molar-refractivity contribution is -0.172. The molecule has 16 nitrogen and oxygen atoms in total. The largest absolute Gasteiger partial charge is 0.484 e. The molecule has 1 unspecified atom stereocenters. The third-order valence-corrected chi connectivity index (χ3v) is 14.7. The number of esters is 1. The number of aryl methyl sites for hydroxylation is 2. The van der Waals surface area contributed by atoms with Gasteiger partial charge in [0.2, 0.25) is 0 Å². The molecule has 3 N–H and O–H groups in total. The Morgan fingerprint density at radius 2 is 1.80 bits per heavy atom. The van der Waals surface area contributed by atoms with Crippen molar-refractivity contribution in [2.75, 3.05) is 57.1 Å². The summed E-state index contributed by atoms with van der Waals surface area (Å²) in [5.41, 5.74) is 4.42. The maximum Gasteiger partial charge on any atom is 0.418 e. The number of anilines is 2. The molecule has 8 heterocycles. The minimum absolute atomic E-state index is 0.0298. The number of hydrogen-bond donors (Lipinski definition) is 2. The fourth-order valence-electron chi connectivity index (χ4n) is 10.6. The van der Waals surface area contributed by atoms with Gasteiger partial charge in [0.05, 0.1) is 50.9 Å². The third-order valence-electron chi connectivity index (χ3n) is 14.4. The van der Waals surface area contributed by atoms with Gasteiger partial charge in [-0.2, -0.15) is 23.1 Å². The molecule has 4 aromatic heterocycles. The zero-order chi connectivity index (χ0) is 50.4. The maximum atomic E-state index is 17.0. The average Bonchev–Trinajstić information content (AvgIpc) is 3.92. The summed E-state index contributed by atoms with van der Waals surface area (Å²) < 4.78 is 79.6. The van der Waals surface area contributed by atoms with Gasteiger partial charge in [0.1, 0.15) is 36.1 Å². The fourth-order valence-corrected chi connectivity index (χ4v) is 10.9. The number of ether oxygens (including phenoxy) is 3. The molecule has 10 rings (SSSR count). The first kappa shape index (κ1) is 48.0. The van der Waals surface area contributed by atoms with Crippen molar-refractivity contribution in [3.05, 3.63) is 91.0 Å². The lowest BCUT2D eigenvalue weighted by Gasteiger charge is -2.41. The summed E-state index contributed by atoms with van der Waals surface area (Å²) in [6.45, 7) is 8.13. The van der Waals surface area contributed by atoms with Crippen molar-refractivity contribution in [2.24, 2.45) is 0 Å². The summed E-state index contributed by atoms with van der Waals surface area (Å²) in [6, 6.07) is 8.83. The highest BCUT2D eigenvalue weighted by molar-refractivity contribution is 6.34. The maximum absolute atomic E-state index is 17.0. The molecule has 21 heteroatoms. The number of aliphatic hydroxyl groups is 1. The molecule has 2 saturated heterocycles. The van der Waals surface area contributed by atoms with Crippen LogP contribution in [-0.4, -0.2) is 110 Å². The second-order valence-corrected chi connectivity index (χ2v) is 19.1. The number of halogens is 5. The Morgan fingerprint density at radius 3 is 2.51 bits per heavy atom. The number of rotatable bonds is 10. The number of carbonyl (C=O) groups excluding carboxylic acids is 2. The van der Waals surface area contributed by atoms with Gasteiger partial charge in [-0.25, -0.2) is 19.2 Å². The first-order chi connectivity index (χ1) is 33.8. The van der Waals surface area contributed by atoms with Gasteiger partial charge in [-0.15, -0.1) is 0 Å². The lowest BCUT2D eigenvalue weighted by Crippen LogP contribution is -2.55. The number of pyridine rings is 3. The number of likely N-dealkylation sites (N-methyl/N-ethyl adjacent to an activating group) is 1. The van der Waals surface area contributed by atoms with Gasteiger partial charge in [0.25, 0.3) is 11.5 Å². The fraction of sp³-hybridized carbons (Fsp3) is 0.420. The zero-order valence-corrected chi connectivity index (χ0v) is 40.3. The van der Waals surface area contributed by atoms with Gasteiger partial charge in [0, 0.05) is 53.6 Å². The molecule has 2 aromatic carbocycles. The van der Waals surface area contributed by atoms with E-state index in [9.17, 15) is 32.7 Å². The zero-order valence-electron chi connectivity index (χ0n) is 39.5. The van der Waals surface area contributed by atoms with Gasteiger partial charge in [-0.1, -0.05) is 25.4 Å². The van der Waals surface area contributed by atoms with Crippen molar-refractivity contribution in [3.8, 4) is 34.4 Å².